The van der Waals surface area contributed by atoms with Gasteiger partial charge in [-0.2, -0.15) is 8.78 Å². The zero-order chi connectivity index (χ0) is 12.0. The molecule has 0 fully saturated rings. The molecule has 0 saturated carbocycles. The predicted octanol–water partition coefficient (Wildman–Crippen LogP) is 2.07. The highest BCUT2D eigenvalue weighted by Crippen LogP contribution is 2.17. The van der Waals surface area contributed by atoms with Crippen molar-refractivity contribution in [3.63, 3.8) is 0 Å². The SMILES string of the molecule is CCOC(=O)CSCc1nccn1C(F)F. The van der Waals surface area contributed by atoms with Crippen LogP contribution in [0.5, 0.6) is 0 Å². The Morgan fingerprint density at radius 2 is 2.44 bits per heavy atom. The minimum Gasteiger partial charge on any atom is -0.465 e. The Balaban J connectivity index is 2.37. The van der Waals surface area contributed by atoms with Gasteiger partial charge in [0.2, 0.25) is 0 Å². The quantitative estimate of drug-likeness (QED) is 0.725. The van der Waals surface area contributed by atoms with E-state index in [4.69, 9.17) is 4.74 Å². The van der Waals surface area contributed by atoms with Crippen LogP contribution in [-0.2, 0) is 15.3 Å². The number of nitrogens with zero attached hydrogens (tertiary/aromatic N) is 2. The largest absolute Gasteiger partial charge is 0.465 e. The van der Waals surface area contributed by atoms with Crippen molar-refractivity contribution in [2.45, 2.75) is 19.2 Å². The maximum Gasteiger partial charge on any atom is 0.319 e. The third-order valence-electron chi connectivity index (χ3n) is 1.72. The van der Waals surface area contributed by atoms with Gasteiger partial charge in [0.1, 0.15) is 5.82 Å². The molecule has 90 valence electrons. The average molecular weight is 250 g/mol. The molecule has 0 bridgehead atoms. The number of esters is 1. The van der Waals surface area contributed by atoms with Gasteiger partial charge in [-0.1, -0.05) is 0 Å². The van der Waals surface area contributed by atoms with Crippen LogP contribution in [0, 0.1) is 0 Å². The van der Waals surface area contributed by atoms with Crippen molar-refractivity contribution < 1.29 is 18.3 Å². The van der Waals surface area contributed by atoms with E-state index in [0.29, 0.717) is 6.61 Å². The highest BCUT2D eigenvalue weighted by molar-refractivity contribution is 7.99. The lowest BCUT2D eigenvalue weighted by atomic mass is 10.7. The molecular weight excluding hydrogens is 238 g/mol. The van der Waals surface area contributed by atoms with E-state index < -0.39 is 6.55 Å². The Morgan fingerprint density at radius 1 is 1.69 bits per heavy atom. The normalized spacial score (nSPS) is 10.8. The van der Waals surface area contributed by atoms with Crippen molar-refractivity contribution in [3.05, 3.63) is 18.2 Å². The van der Waals surface area contributed by atoms with Crippen molar-refractivity contribution in [2.24, 2.45) is 0 Å². The van der Waals surface area contributed by atoms with Crippen molar-refractivity contribution in [1.82, 2.24) is 9.55 Å². The number of halogens is 2. The molecule has 0 aliphatic rings. The third kappa shape index (κ3) is 3.80. The summed E-state index contributed by atoms with van der Waals surface area (Å²) in [6.07, 6.45) is 2.53. The first kappa shape index (κ1) is 13.0. The fourth-order valence-electron chi connectivity index (χ4n) is 1.06. The van der Waals surface area contributed by atoms with Crippen LogP contribution in [0.2, 0.25) is 0 Å². The van der Waals surface area contributed by atoms with Gasteiger partial charge in [0, 0.05) is 12.4 Å². The van der Waals surface area contributed by atoms with Gasteiger partial charge in [-0.05, 0) is 6.92 Å². The molecular formula is C9H12F2N2O2S. The van der Waals surface area contributed by atoms with Crippen LogP contribution >= 0.6 is 11.8 Å². The van der Waals surface area contributed by atoms with Crippen molar-refractivity contribution in [1.29, 1.82) is 0 Å². The van der Waals surface area contributed by atoms with Crippen LogP contribution in [0.4, 0.5) is 8.78 Å². The van der Waals surface area contributed by atoms with Crippen LogP contribution in [0.25, 0.3) is 0 Å². The van der Waals surface area contributed by atoms with E-state index in [2.05, 4.69) is 4.98 Å². The van der Waals surface area contributed by atoms with Gasteiger partial charge in [-0.3, -0.25) is 9.36 Å². The molecule has 0 unspecified atom stereocenters. The second kappa shape index (κ2) is 6.47. The Morgan fingerprint density at radius 3 is 3.06 bits per heavy atom. The first-order valence-electron chi connectivity index (χ1n) is 4.68. The molecule has 0 aromatic carbocycles. The van der Waals surface area contributed by atoms with Gasteiger partial charge in [0.05, 0.1) is 18.1 Å². The van der Waals surface area contributed by atoms with Crippen molar-refractivity contribution in [2.75, 3.05) is 12.4 Å². The monoisotopic (exact) mass is 250 g/mol. The molecule has 0 radical (unpaired) electrons. The first-order chi connectivity index (χ1) is 7.65. The molecule has 4 nitrogen and oxygen atoms in total. The number of aromatic nitrogens is 2. The number of carbonyl (C=O) groups is 1. The molecule has 1 rings (SSSR count). The number of thioether (sulfide) groups is 1. The fourth-order valence-corrected chi connectivity index (χ4v) is 1.82. The summed E-state index contributed by atoms with van der Waals surface area (Å²) < 4.78 is 30.3. The molecule has 0 spiro atoms. The van der Waals surface area contributed by atoms with Gasteiger partial charge < -0.3 is 4.74 Å². The summed E-state index contributed by atoms with van der Waals surface area (Å²) in [5.74, 6) is 0.312. The summed E-state index contributed by atoms with van der Waals surface area (Å²) in [5.41, 5.74) is 0. The molecule has 1 aromatic heterocycles. The standard InChI is InChI=1S/C9H12F2N2O2S/c1-2-15-8(14)6-16-5-7-12-3-4-13(7)9(10)11/h3-4,9H,2,5-6H2,1H3. The van der Waals surface area contributed by atoms with Gasteiger partial charge >= 0.3 is 12.5 Å². The Labute approximate surface area is 96.0 Å². The summed E-state index contributed by atoms with van der Waals surface area (Å²) in [6.45, 7) is -0.558. The van der Waals surface area contributed by atoms with Gasteiger partial charge in [0.15, 0.2) is 0 Å². The van der Waals surface area contributed by atoms with E-state index in [1.54, 1.807) is 6.92 Å². The highest BCUT2D eigenvalue weighted by Gasteiger charge is 2.11. The summed E-state index contributed by atoms with van der Waals surface area (Å²) in [6, 6.07) is 0. The number of carbonyl (C=O) groups excluding carboxylic acids is 1. The van der Waals surface area contributed by atoms with E-state index in [-0.39, 0.29) is 23.3 Å². The van der Waals surface area contributed by atoms with E-state index in [9.17, 15) is 13.6 Å². The molecule has 16 heavy (non-hydrogen) atoms. The molecule has 0 N–H and O–H groups in total. The summed E-state index contributed by atoms with van der Waals surface area (Å²) in [5, 5.41) is 0. The minimum atomic E-state index is -2.60. The van der Waals surface area contributed by atoms with E-state index in [0.717, 1.165) is 4.57 Å². The highest BCUT2D eigenvalue weighted by atomic mass is 32.2. The van der Waals surface area contributed by atoms with E-state index in [1.165, 1.54) is 24.2 Å². The fraction of sp³-hybridized carbons (Fsp3) is 0.556. The number of rotatable bonds is 6. The topological polar surface area (TPSA) is 44.1 Å². The maximum absolute atomic E-state index is 12.4. The summed E-state index contributed by atoms with van der Waals surface area (Å²) >= 11 is 1.20. The molecule has 1 aromatic rings. The smallest absolute Gasteiger partial charge is 0.319 e. The zero-order valence-corrected chi connectivity index (χ0v) is 9.54. The number of hydrogen-bond donors (Lipinski definition) is 0. The van der Waals surface area contributed by atoms with Crippen LogP contribution in [0.3, 0.4) is 0 Å². The van der Waals surface area contributed by atoms with Crippen LogP contribution in [0.15, 0.2) is 12.4 Å². The molecule has 0 saturated heterocycles. The van der Waals surface area contributed by atoms with E-state index in [1.807, 2.05) is 0 Å². The van der Waals surface area contributed by atoms with Crippen molar-refractivity contribution >= 4 is 17.7 Å². The summed E-state index contributed by atoms with van der Waals surface area (Å²) in [4.78, 5) is 14.8. The van der Waals surface area contributed by atoms with E-state index >= 15 is 0 Å². The Hall–Kier alpha value is -1.11. The first-order valence-corrected chi connectivity index (χ1v) is 5.83. The van der Waals surface area contributed by atoms with Crippen molar-refractivity contribution in [3.8, 4) is 0 Å². The maximum atomic E-state index is 12.4. The molecule has 0 aliphatic heterocycles. The number of alkyl halides is 2. The lowest BCUT2D eigenvalue weighted by Crippen LogP contribution is -2.08. The third-order valence-corrected chi connectivity index (χ3v) is 2.62. The van der Waals surface area contributed by atoms with Gasteiger partial charge in [-0.25, -0.2) is 4.98 Å². The Bertz CT molecular complexity index is 344. The zero-order valence-electron chi connectivity index (χ0n) is 8.73. The second-order valence-corrected chi connectivity index (χ2v) is 3.81. The predicted molar refractivity (Wildman–Crippen MR) is 56.3 cm³/mol. The van der Waals surface area contributed by atoms with Gasteiger partial charge in [-0.15, -0.1) is 11.8 Å². The van der Waals surface area contributed by atoms with Crippen LogP contribution < -0.4 is 0 Å². The minimum absolute atomic E-state index is 0.143. The number of hydrogen-bond acceptors (Lipinski definition) is 4. The number of imidazole rings is 1. The lowest BCUT2D eigenvalue weighted by Gasteiger charge is -2.05. The number of ether oxygens (including phenoxy) is 1. The molecule has 7 heteroatoms. The Kier molecular flexibility index (Phi) is 5.24. The molecule has 0 amide bonds. The molecule has 0 aliphatic carbocycles. The van der Waals surface area contributed by atoms with Crippen LogP contribution in [0.1, 0.15) is 19.3 Å². The molecule has 0 atom stereocenters. The second-order valence-electron chi connectivity index (χ2n) is 2.83. The van der Waals surface area contributed by atoms with Gasteiger partial charge in [0.25, 0.3) is 0 Å². The van der Waals surface area contributed by atoms with Crippen LogP contribution in [-0.4, -0.2) is 27.9 Å². The lowest BCUT2D eigenvalue weighted by molar-refractivity contribution is -0.139. The summed E-state index contributed by atoms with van der Waals surface area (Å²) in [7, 11) is 0. The molecule has 1 heterocycles. The average Bonchev–Trinajstić information content (AvgIpc) is 2.66.